The van der Waals surface area contributed by atoms with E-state index >= 15 is 0 Å². The molecule has 1 aromatic rings. The van der Waals surface area contributed by atoms with Crippen molar-refractivity contribution in [1.82, 2.24) is 10.2 Å². The number of piperazine rings is 1. The summed E-state index contributed by atoms with van der Waals surface area (Å²) in [5.41, 5.74) is 6.46. The lowest BCUT2D eigenvalue weighted by Crippen LogP contribution is -2.51. The van der Waals surface area contributed by atoms with Crippen LogP contribution in [0.2, 0.25) is 0 Å². The number of fused-ring (bicyclic) bond motifs is 1. The number of benzene rings is 1. The first-order chi connectivity index (χ1) is 10.2. The Morgan fingerprint density at radius 2 is 2.14 bits per heavy atom. The molecule has 21 heavy (non-hydrogen) atoms. The molecule has 1 amide bonds. The van der Waals surface area contributed by atoms with Crippen LogP contribution in [0, 0.1) is 0 Å². The summed E-state index contributed by atoms with van der Waals surface area (Å²) in [5.74, 6) is 1.38. The highest BCUT2D eigenvalue weighted by atomic mass is 16.6. The van der Waals surface area contributed by atoms with E-state index in [9.17, 15) is 4.79 Å². The van der Waals surface area contributed by atoms with Gasteiger partial charge in [0.15, 0.2) is 11.5 Å². The number of amides is 1. The van der Waals surface area contributed by atoms with Crippen LogP contribution in [0.5, 0.6) is 11.5 Å². The van der Waals surface area contributed by atoms with Crippen LogP contribution in [0.25, 0.3) is 0 Å². The molecule has 3 rings (SSSR count). The smallest absolute Gasteiger partial charge is 0.219 e. The first-order valence-corrected chi connectivity index (χ1v) is 7.33. The minimum Gasteiger partial charge on any atom is -0.486 e. The van der Waals surface area contributed by atoms with Crippen molar-refractivity contribution >= 4 is 5.91 Å². The number of carbonyl (C=O) groups excluding carboxylic acids is 1. The zero-order valence-electron chi connectivity index (χ0n) is 12.0. The van der Waals surface area contributed by atoms with Crippen molar-refractivity contribution in [2.24, 2.45) is 5.73 Å². The topological polar surface area (TPSA) is 76.8 Å². The first kappa shape index (κ1) is 14.2. The summed E-state index contributed by atoms with van der Waals surface area (Å²) in [6.07, 6.45) is 0.387. The number of nitrogens with two attached hydrogens (primary N) is 1. The van der Waals surface area contributed by atoms with Crippen LogP contribution in [-0.4, -0.2) is 49.7 Å². The molecule has 6 heteroatoms. The quantitative estimate of drug-likeness (QED) is 0.823. The number of carbonyl (C=O) groups is 1. The Morgan fingerprint density at radius 1 is 1.33 bits per heavy atom. The Kier molecular flexibility index (Phi) is 4.26. The van der Waals surface area contributed by atoms with E-state index in [0.717, 1.165) is 37.7 Å². The Bertz CT molecular complexity index is 521. The molecule has 1 unspecified atom stereocenters. The minimum absolute atomic E-state index is 0.147. The van der Waals surface area contributed by atoms with Gasteiger partial charge in [-0.05, 0) is 17.7 Å². The van der Waals surface area contributed by atoms with E-state index in [2.05, 4.69) is 16.3 Å². The van der Waals surface area contributed by atoms with Gasteiger partial charge in [-0.15, -0.1) is 0 Å². The third kappa shape index (κ3) is 3.65. The lowest BCUT2D eigenvalue weighted by atomic mass is 10.1. The summed E-state index contributed by atoms with van der Waals surface area (Å²) in [7, 11) is 0. The predicted octanol–water partition coefficient (Wildman–Crippen LogP) is 0.107. The van der Waals surface area contributed by atoms with E-state index in [1.165, 1.54) is 5.56 Å². The van der Waals surface area contributed by atoms with E-state index in [0.29, 0.717) is 19.6 Å². The molecule has 1 saturated heterocycles. The van der Waals surface area contributed by atoms with Crippen molar-refractivity contribution < 1.29 is 14.3 Å². The lowest BCUT2D eigenvalue weighted by molar-refractivity contribution is -0.118. The molecular formula is C15H21N3O3. The van der Waals surface area contributed by atoms with Gasteiger partial charge in [0.2, 0.25) is 5.91 Å². The Labute approximate surface area is 124 Å². The molecule has 6 nitrogen and oxygen atoms in total. The molecule has 3 N–H and O–H groups in total. The van der Waals surface area contributed by atoms with Crippen LogP contribution >= 0.6 is 0 Å². The van der Waals surface area contributed by atoms with Gasteiger partial charge in [0.1, 0.15) is 13.2 Å². The predicted molar refractivity (Wildman–Crippen MR) is 78.3 cm³/mol. The van der Waals surface area contributed by atoms with Crippen LogP contribution in [0.3, 0.4) is 0 Å². The molecule has 2 heterocycles. The monoisotopic (exact) mass is 291 g/mol. The van der Waals surface area contributed by atoms with Gasteiger partial charge in [0.05, 0.1) is 0 Å². The molecule has 0 saturated carbocycles. The third-order valence-corrected chi connectivity index (χ3v) is 3.80. The van der Waals surface area contributed by atoms with Crippen molar-refractivity contribution in [2.45, 2.75) is 19.0 Å². The Morgan fingerprint density at radius 3 is 2.95 bits per heavy atom. The normalized spacial score (nSPS) is 22.0. The van der Waals surface area contributed by atoms with Crippen molar-refractivity contribution in [3.05, 3.63) is 23.8 Å². The molecule has 0 aliphatic carbocycles. The molecule has 1 atom stereocenters. The average Bonchev–Trinajstić information content (AvgIpc) is 2.47. The highest BCUT2D eigenvalue weighted by Crippen LogP contribution is 2.31. The number of rotatable bonds is 4. The highest BCUT2D eigenvalue weighted by Gasteiger charge is 2.21. The van der Waals surface area contributed by atoms with Crippen molar-refractivity contribution in [3.63, 3.8) is 0 Å². The maximum absolute atomic E-state index is 11.0. The summed E-state index contributed by atoms with van der Waals surface area (Å²) >= 11 is 0. The number of hydrogen-bond donors (Lipinski definition) is 2. The second-order valence-electron chi connectivity index (χ2n) is 5.53. The van der Waals surface area contributed by atoms with E-state index < -0.39 is 0 Å². The molecule has 114 valence electrons. The molecule has 2 aliphatic rings. The van der Waals surface area contributed by atoms with E-state index in [1.807, 2.05) is 12.1 Å². The first-order valence-electron chi connectivity index (χ1n) is 7.33. The van der Waals surface area contributed by atoms with Crippen LogP contribution in [0.1, 0.15) is 12.0 Å². The number of ether oxygens (including phenoxy) is 2. The number of primary amides is 1. The summed E-state index contributed by atoms with van der Waals surface area (Å²) in [5, 5.41) is 3.33. The molecular weight excluding hydrogens is 270 g/mol. The van der Waals surface area contributed by atoms with Gasteiger partial charge in [-0.2, -0.15) is 0 Å². The molecule has 2 aliphatic heterocycles. The van der Waals surface area contributed by atoms with E-state index in [1.54, 1.807) is 0 Å². The molecule has 0 radical (unpaired) electrons. The van der Waals surface area contributed by atoms with Crippen LogP contribution in [0.4, 0.5) is 0 Å². The molecule has 1 fully saturated rings. The molecule has 1 aromatic carbocycles. The second-order valence-corrected chi connectivity index (χ2v) is 5.53. The van der Waals surface area contributed by atoms with Gasteiger partial charge >= 0.3 is 0 Å². The van der Waals surface area contributed by atoms with Crippen LogP contribution < -0.4 is 20.5 Å². The minimum atomic E-state index is -0.256. The maximum atomic E-state index is 11.0. The second kappa shape index (κ2) is 6.32. The van der Waals surface area contributed by atoms with Gasteiger partial charge in [-0.1, -0.05) is 6.07 Å². The van der Waals surface area contributed by atoms with Gasteiger partial charge in [0, 0.05) is 38.6 Å². The Balaban J connectivity index is 1.62. The maximum Gasteiger partial charge on any atom is 0.219 e. The molecule has 0 bridgehead atoms. The zero-order chi connectivity index (χ0) is 14.7. The lowest BCUT2D eigenvalue weighted by Gasteiger charge is -2.33. The number of nitrogens with zero attached hydrogens (tertiary/aromatic N) is 1. The van der Waals surface area contributed by atoms with Gasteiger partial charge < -0.3 is 20.5 Å². The fourth-order valence-corrected chi connectivity index (χ4v) is 2.86. The summed E-state index contributed by atoms with van der Waals surface area (Å²) < 4.78 is 11.1. The number of hydrogen-bond acceptors (Lipinski definition) is 5. The highest BCUT2D eigenvalue weighted by molar-refractivity contribution is 5.74. The fourth-order valence-electron chi connectivity index (χ4n) is 2.86. The average molecular weight is 291 g/mol. The number of nitrogens with one attached hydrogen (secondary N) is 1. The third-order valence-electron chi connectivity index (χ3n) is 3.80. The summed E-state index contributed by atoms with van der Waals surface area (Å²) in [6.45, 7) is 4.72. The largest absolute Gasteiger partial charge is 0.486 e. The zero-order valence-corrected chi connectivity index (χ0v) is 12.0. The van der Waals surface area contributed by atoms with Crippen molar-refractivity contribution in [1.29, 1.82) is 0 Å². The molecule has 0 spiro atoms. The summed E-state index contributed by atoms with van der Waals surface area (Å²) in [4.78, 5) is 13.4. The van der Waals surface area contributed by atoms with Gasteiger partial charge in [-0.25, -0.2) is 0 Å². The molecule has 0 aromatic heterocycles. The van der Waals surface area contributed by atoms with Gasteiger partial charge in [-0.3, -0.25) is 9.69 Å². The van der Waals surface area contributed by atoms with Crippen LogP contribution in [0.15, 0.2) is 18.2 Å². The van der Waals surface area contributed by atoms with E-state index in [4.69, 9.17) is 15.2 Å². The Hall–Kier alpha value is -1.79. The van der Waals surface area contributed by atoms with E-state index in [-0.39, 0.29) is 11.9 Å². The van der Waals surface area contributed by atoms with Crippen molar-refractivity contribution in [2.75, 3.05) is 32.8 Å². The summed E-state index contributed by atoms with van der Waals surface area (Å²) in [6, 6.07) is 6.22. The van der Waals surface area contributed by atoms with Gasteiger partial charge in [0.25, 0.3) is 0 Å². The van der Waals surface area contributed by atoms with Crippen molar-refractivity contribution in [3.8, 4) is 11.5 Å². The van der Waals surface area contributed by atoms with Crippen LogP contribution in [-0.2, 0) is 11.3 Å². The SMILES string of the molecule is NC(=O)CC1CN(Cc2ccc3c(c2)OCCO3)CCN1. The fraction of sp³-hybridized carbons (Fsp3) is 0.533. The standard InChI is InChI=1S/C15H21N3O3/c16-15(19)8-12-10-18(4-3-17-12)9-11-1-2-13-14(7-11)21-6-5-20-13/h1-2,7,12,17H,3-6,8-10H2,(H2,16,19).